The van der Waals surface area contributed by atoms with Crippen LogP contribution in [-0.4, -0.2) is 25.0 Å². The van der Waals surface area contributed by atoms with Crippen molar-refractivity contribution < 1.29 is 18.3 Å². The Balaban J connectivity index is 2.39. The molecule has 0 fully saturated rings. The Kier molecular flexibility index (Phi) is 4.72. The highest BCUT2D eigenvalue weighted by Crippen LogP contribution is 2.33. The van der Waals surface area contributed by atoms with Gasteiger partial charge in [-0.2, -0.15) is 4.72 Å². The minimum atomic E-state index is -3.89. The van der Waals surface area contributed by atoms with E-state index in [1.54, 1.807) is 25.1 Å². The fraction of sp³-hybridized carbons (Fsp3) is 0.438. The van der Waals surface area contributed by atoms with Gasteiger partial charge in [-0.1, -0.05) is 36.8 Å². The highest BCUT2D eigenvalue weighted by molar-refractivity contribution is 7.89. The highest BCUT2D eigenvalue weighted by Gasteiger charge is 2.47. The molecule has 0 amide bonds. The van der Waals surface area contributed by atoms with Crippen LogP contribution in [0.2, 0.25) is 0 Å². The first-order chi connectivity index (χ1) is 10.3. The summed E-state index contributed by atoms with van der Waals surface area (Å²) in [6, 6.07) is 6.37. The molecule has 0 aromatic heterocycles. The van der Waals surface area contributed by atoms with Crippen molar-refractivity contribution >= 4 is 16.0 Å². The number of benzene rings is 1. The molecule has 0 bridgehead atoms. The van der Waals surface area contributed by atoms with Gasteiger partial charge in [-0.05, 0) is 38.3 Å². The van der Waals surface area contributed by atoms with Crippen molar-refractivity contribution in [1.29, 1.82) is 0 Å². The zero-order valence-electron chi connectivity index (χ0n) is 12.7. The second-order valence-corrected chi connectivity index (χ2v) is 7.34. The van der Waals surface area contributed by atoms with Crippen LogP contribution in [0.15, 0.2) is 41.3 Å². The van der Waals surface area contributed by atoms with Crippen molar-refractivity contribution in [1.82, 2.24) is 4.72 Å². The quantitative estimate of drug-likeness (QED) is 0.788. The summed E-state index contributed by atoms with van der Waals surface area (Å²) >= 11 is 0. The Morgan fingerprint density at radius 1 is 1.36 bits per heavy atom. The van der Waals surface area contributed by atoms with Crippen LogP contribution in [0.1, 0.15) is 31.7 Å². The van der Waals surface area contributed by atoms with Gasteiger partial charge in [-0.15, -0.1) is 0 Å². The molecule has 5 nitrogen and oxygen atoms in total. The van der Waals surface area contributed by atoms with Gasteiger partial charge in [0.05, 0.1) is 4.90 Å². The van der Waals surface area contributed by atoms with Crippen molar-refractivity contribution in [2.24, 2.45) is 5.92 Å². The lowest BCUT2D eigenvalue weighted by atomic mass is 9.82. The molecule has 0 saturated carbocycles. The third-order valence-electron chi connectivity index (χ3n) is 4.23. The fourth-order valence-corrected chi connectivity index (χ4v) is 4.30. The van der Waals surface area contributed by atoms with E-state index < -0.39 is 21.5 Å². The van der Waals surface area contributed by atoms with E-state index in [-0.39, 0.29) is 17.2 Å². The van der Waals surface area contributed by atoms with Gasteiger partial charge in [-0.25, -0.2) is 8.42 Å². The number of carboxylic acid groups (broad SMARTS) is 1. The van der Waals surface area contributed by atoms with E-state index in [1.807, 2.05) is 13.0 Å². The predicted molar refractivity (Wildman–Crippen MR) is 84.0 cm³/mol. The topological polar surface area (TPSA) is 83.5 Å². The number of rotatable bonds is 6. The first-order valence-corrected chi connectivity index (χ1v) is 8.81. The normalized spacial score (nSPS) is 20.7. The van der Waals surface area contributed by atoms with Gasteiger partial charge in [0.15, 0.2) is 0 Å². The number of nitrogens with one attached hydrogen (secondary N) is 1. The van der Waals surface area contributed by atoms with Gasteiger partial charge in [0, 0.05) is 5.92 Å². The summed E-state index contributed by atoms with van der Waals surface area (Å²) in [7, 11) is -3.89. The van der Waals surface area contributed by atoms with Crippen LogP contribution < -0.4 is 4.72 Å². The molecule has 1 unspecified atom stereocenters. The zero-order valence-corrected chi connectivity index (χ0v) is 13.6. The molecule has 1 aliphatic carbocycles. The molecule has 0 saturated heterocycles. The Bertz CT molecular complexity index is 679. The minimum absolute atomic E-state index is 0.0825. The highest BCUT2D eigenvalue weighted by atomic mass is 32.2. The maximum atomic E-state index is 12.6. The van der Waals surface area contributed by atoms with Gasteiger partial charge >= 0.3 is 5.97 Å². The van der Waals surface area contributed by atoms with Crippen LogP contribution in [0.5, 0.6) is 0 Å². The second kappa shape index (κ2) is 6.22. The summed E-state index contributed by atoms with van der Waals surface area (Å²) in [6.45, 7) is 3.55. The Morgan fingerprint density at radius 3 is 2.45 bits per heavy atom. The molecule has 22 heavy (non-hydrogen) atoms. The summed E-state index contributed by atoms with van der Waals surface area (Å²) in [4.78, 5) is 11.9. The van der Waals surface area contributed by atoms with Gasteiger partial charge in [-0.3, -0.25) is 4.79 Å². The Labute approximate surface area is 131 Å². The number of aliphatic carboxylic acids is 1. The third-order valence-corrected chi connectivity index (χ3v) is 5.76. The van der Waals surface area contributed by atoms with E-state index in [9.17, 15) is 18.3 Å². The molecule has 2 atom stereocenters. The fourth-order valence-electron chi connectivity index (χ4n) is 2.82. The molecule has 2 rings (SSSR count). The minimum Gasteiger partial charge on any atom is -0.480 e. The van der Waals surface area contributed by atoms with E-state index in [4.69, 9.17) is 0 Å². The number of sulfonamides is 1. The summed E-state index contributed by atoms with van der Waals surface area (Å²) < 4.78 is 27.6. The molecule has 1 aliphatic rings. The average molecular weight is 323 g/mol. The molecular formula is C16H21NO4S. The Hall–Kier alpha value is -1.66. The van der Waals surface area contributed by atoms with Gasteiger partial charge in [0.1, 0.15) is 5.54 Å². The number of carbonyl (C=O) groups is 1. The largest absolute Gasteiger partial charge is 0.480 e. The van der Waals surface area contributed by atoms with Gasteiger partial charge in [0.25, 0.3) is 0 Å². The van der Waals surface area contributed by atoms with Crippen LogP contribution in [-0.2, 0) is 14.8 Å². The number of aryl methyl sites for hydroxylation is 1. The second-order valence-electron chi connectivity index (χ2n) is 5.66. The number of hydrogen-bond acceptors (Lipinski definition) is 3. The SMILES string of the molecule is CC[C@@](NS(=O)(=O)c1ccc(C)cc1)(C(=O)O)C1C=CCC1. The number of hydrogen-bond donors (Lipinski definition) is 2. The zero-order chi connectivity index (χ0) is 16.4. The van der Waals surface area contributed by atoms with Crippen molar-refractivity contribution in [3.8, 4) is 0 Å². The number of carboxylic acids is 1. The van der Waals surface area contributed by atoms with E-state index >= 15 is 0 Å². The lowest BCUT2D eigenvalue weighted by Gasteiger charge is -2.34. The van der Waals surface area contributed by atoms with Crippen molar-refractivity contribution in [3.63, 3.8) is 0 Å². The molecule has 0 aliphatic heterocycles. The van der Waals surface area contributed by atoms with Gasteiger partial charge in [0.2, 0.25) is 10.0 Å². The van der Waals surface area contributed by atoms with Crippen molar-refractivity contribution in [2.45, 2.75) is 43.5 Å². The van der Waals surface area contributed by atoms with E-state index in [2.05, 4.69) is 4.72 Å². The predicted octanol–water partition coefficient (Wildman–Crippen LogP) is 2.47. The molecule has 0 radical (unpaired) electrons. The molecular weight excluding hydrogens is 302 g/mol. The molecule has 120 valence electrons. The third kappa shape index (κ3) is 3.08. The average Bonchev–Trinajstić information content (AvgIpc) is 2.99. The summed E-state index contributed by atoms with van der Waals surface area (Å²) in [5, 5.41) is 9.68. The maximum Gasteiger partial charge on any atom is 0.325 e. The van der Waals surface area contributed by atoms with E-state index in [0.29, 0.717) is 6.42 Å². The van der Waals surface area contributed by atoms with Crippen LogP contribution in [0.3, 0.4) is 0 Å². The lowest BCUT2D eigenvalue weighted by molar-refractivity contribution is -0.146. The van der Waals surface area contributed by atoms with Crippen LogP contribution in [0.25, 0.3) is 0 Å². The first kappa shape index (κ1) is 16.7. The molecule has 6 heteroatoms. The molecule has 1 aromatic rings. The molecule has 0 spiro atoms. The van der Waals surface area contributed by atoms with E-state index in [1.165, 1.54) is 12.1 Å². The molecule has 1 aromatic carbocycles. The summed E-state index contributed by atoms with van der Waals surface area (Å²) in [6.07, 6.45) is 5.29. The standard InChI is InChI=1S/C16H21NO4S/c1-3-16(15(18)19,13-6-4-5-7-13)17-22(20,21)14-10-8-12(2)9-11-14/h4,6,8-11,13,17H,3,5,7H2,1-2H3,(H,18,19)/t13?,16-/m0/s1. The van der Waals surface area contributed by atoms with Crippen LogP contribution >= 0.6 is 0 Å². The van der Waals surface area contributed by atoms with Crippen LogP contribution in [0, 0.1) is 12.8 Å². The molecule has 2 N–H and O–H groups in total. The van der Waals surface area contributed by atoms with E-state index in [0.717, 1.165) is 12.0 Å². The first-order valence-electron chi connectivity index (χ1n) is 7.32. The van der Waals surface area contributed by atoms with Gasteiger partial charge < -0.3 is 5.11 Å². The van der Waals surface area contributed by atoms with Crippen molar-refractivity contribution in [3.05, 3.63) is 42.0 Å². The number of allylic oxidation sites excluding steroid dienone is 1. The van der Waals surface area contributed by atoms with Crippen molar-refractivity contribution in [2.75, 3.05) is 0 Å². The Morgan fingerprint density at radius 2 is 2.00 bits per heavy atom. The summed E-state index contributed by atoms with van der Waals surface area (Å²) in [5.41, 5.74) is -0.561. The van der Waals surface area contributed by atoms with Crippen LogP contribution in [0.4, 0.5) is 0 Å². The summed E-state index contributed by atoms with van der Waals surface area (Å²) in [5.74, 6) is -1.47. The molecule has 0 heterocycles. The monoisotopic (exact) mass is 323 g/mol. The maximum absolute atomic E-state index is 12.6. The lowest BCUT2D eigenvalue weighted by Crippen LogP contribution is -2.58. The smallest absolute Gasteiger partial charge is 0.325 e.